The van der Waals surface area contributed by atoms with Crippen molar-refractivity contribution in [2.24, 2.45) is 11.3 Å². The third kappa shape index (κ3) is 1.72. The molecule has 2 saturated carbocycles. The molecule has 0 bridgehead atoms. The molecule has 2 fully saturated rings. The van der Waals surface area contributed by atoms with Crippen LogP contribution in [0.3, 0.4) is 0 Å². The fourth-order valence-corrected chi connectivity index (χ4v) is 3.41. The Morgan fingerprint density at radius 1 is 1.62 bits per heavy atom. The molecule has 0 radical (unpaired) electrons. The van der Waals surface area contributed by atoms with E-state index in [0.29, 0.717) is 12.5 Å². The Hall–Kier alpha value is -1.01. The summed E-state index contributed by atoms with van der Waals surface area (Å²) >= 11 is 0. The Kier molecular flexibility index (Phi) is 3.20. The van der Waals surface area contributed by atoms with Crippen LogP contribution < -0.4 is 0 Å². The number of carbonyl (C=O) groups excluding carboxylic acids is 1. The second-order valence-electron chi connectivity index (χ2n) is 4.81. The van der Waals surface area contributed by atoms with Gasteiger partial charge in [0.1, 0.15) is 6.61 Å². The molecular formula is C13H18O3. The topological polar surface area (TPSA) is 35.5 Å². The summed E-state index contributed by atoms with van der Waals surface area (Å²) in [6.07, 6.45) is 10.2. The lowest BCUT2D eigenvalue weighted by Gasteiger charge is -2.25. The van der Waals surface area contributed by atoms with Crippen molar-refractivity contribution < 1.29 is 14.3 Å². The highest BCUT2D eigenvalue weighted by Crippen LogP contribution is 2.55. The number of fused-ring (bicyclic) bond motifs is 1. The van der Waals surface area contributed by atoms with Gasteiger partial charge in [0.05, 0.1) is 18.6 Å². The predicted molar refractivity (Wildman–Crippen MR) is 59.6 cm³/mol. The smallest absolute Gasteiger partial charge is 0.312 e. The van der Waals surface area contributed by atoms with Crippen LogP contribution in [0.15, 0.2) is 0 Å². The van der Waals surface area contributed by atoms with Crippen molar-refractivity contribution in [1.82, 2.24) is 0 Å². The van der Waals surface area contributed by atoms with Gasteiger partial charge in [0, 0.05) is 0 Å². The van der Waals surface area contributed by atoms with Crippen molar-refractivity contribution in [2.75, 3.05) is 13.7 Å². The molecule has 0 saturated heterocycles. The molecule has 2 aliphatic carbocycles. The van der Waals surface area contributed by atoms with Gasteiger partial charge in [-0.25, -0.2) is 0 Å². The molecule has 0 heterocycles. The lowest BCUT2D eigenvalue weighted by atomic mass is 9.80. The van der Waals surface area contributed by atoms with Crippen LogP contribution in [0.2, 0.25) is 0 Å². The van der Waals surface area contributed by atoms with Gasteiger partial charge in [-0.05, 0) is 31.6 Å². The van der Waals surface area contributed by atoms with E-state index in [1.165, 1.54) is 7.11 Å². The second kappa shape index (κ2) is 4.47. The number of ether oxygens (including phenoxy) is 2. The average molecular weight is 222 g/mol. The van der Waals surface area contributed by atoms with E-state index in [1.807, 2.05) is 0 Å². The van der Waals surface area contributed by atoms with E-state index in [2.05, 4.69) is 5.92 Å². The molecule has 2 aliphatic rings. The third-order valence-electron chi connectivity index (χ3n) is 4.09. The predicted octanol–water partition coefficient (Wildman–Crippen LogP) is 1.76. The first-order chi connectivity index (χ1) is 7.73. The maximum atomic E-state index is 11.9. The number of hydrogen-bond donors (Lipinski definition) is 0. The van der Waals surface area contributed by atoms with E-state index >= 15 is 0 Å². The normalized spacial score (nSPS) is 36.8. The minimum absolute atomic E-state index is 0.0539. The molecule has 3 nitrogen and oxygen atoms in total. The van der Waals surface area contributed by atoms with Crippen LogP contribution in [0.4, 0.5) is 0 Å². The highest BCUT2D eigenvalue weighted by atomic mass is 16.5. The molecule has 0 aromatic heterocycles. The van der Waals surface area contributed by atoms with Crippen molar-refractivity contribution in [3.05, 3.63) is 0 Å². The van der Waals surface area contributed by atoms with Crippen molar-refractivity contribution in [3.8, 4) is 12.3 Å². The zero-order chi connectivity index (χ0) is 11.6. The zero-order valence-electron chi connectivity index (χ0n) is 9.70. The molecule has 0 aromatic rings. The molecule has 0 aliphatic heterocycles. The highest BCUT2D eigenvalue weighted by Gasteiger charge is 2.55. The monoisotopic (exact) mass is 222 g/mol. The molecule has 0 N–H and O–H groups in total. The van der Waals surface area contributed by atoms with E-state index in [0.717, 1.165) is 32.1 Å². The van der Waals surface area contributed by atoms with Gasteiger partial charge in [-0.1, -0.05) is 12.3 Å². The van der Waals surface area contributed by atoms with Crippen LogP contribution in [-0.2, 0) is 14.3 Å². The summed E-state index contributed by atoms with van der Waals surface area (Å²) < 4.78 is 10.5. The van der Waals surface area contributed by atoms with E-state index in [1.54, 1.807) is 0 Å². The number of methoxy groups -OCH3 is 1. The quantitative estimate of drug-likeness (QED) is 0.539. The Labute approximate surface area is 96.5 Å². The summed E-state index contributed by atoms with van der Waals surface area (Å²) in [7, 11) is 1.47. The number of rotatable bonds is 3. The fourth-order valence-electron chi connectivity index (χ4n) is 3.41. The molecule has 0 aromatic carbocycles. The molecule has 16 heavy (non-hydrogen) atoms. The van der Waals surface area contributed by atoms with E-state index in [9.17, 15) is 4.79 Å². The van der Waals surface area contributed by atoms with E-state index in [-0.39, 0.29) is 17.5 Å². The zero-order valence-corrected chi connectivity index (χ0v) is 9.70. The Bertz CT molecular complexity index is 318. The highest BCUT2D eigenvalue weighted by molar-refractivity contribution is 5.78. The van der Waals surface area contributed by atoms with Crippen LogP contribution in [0.1, 0.15) is 32.1 Å². The van der Waals surface area contributed by atoms with E-state index in [4.69, 9.17) is 15.9 Å². The van der Waals surface area contributed by atoms with Gasteiger partial charge in [0.2, 0.25) is 0 Å². The lowest BCUT2D eigenvalue weighted by molar-refractivity contribution is -0.154. The van der Waals surface area contributed by atoms with Crippen molar-refractivity contribution >= 4 is 5.97 Å². The fraction of sp³-hybridized carbons (Fsp3) is 0.769. The minimum atomic E-state index is -0.270. The number of hydrogen-bond acceptors (Lipinski definition) is 3. The maximum Gasteiger partial charge on any atom is 0.312 e. The van der Waals surface area contributed by atoms with Gasteiger partial charge in [-0.15, -0.1) is 6.42 Å². The van der Waals surface area contributed by atoms with E-state index < -0.39 is 0 Å². The number of terminal acetylenes is 1. The standard InChI is InChI=1S/C13H18O3/c1-3-7-16-11-8-10-5-4-6-13(10,9-11)12(14)15-2/h1,10-11H,4-9H2,2H3/t10?,11-,13+/m1/s1. The van der Waals surface area contributed by atoms with Gasteiger partial charge in [0.15, 0.2) is 0 Å². The van der Waals surface area contributed by atoms with Gasteiger partial charge < -0.3 is 9.47 Å². The molecule has 0 spiro atoms. The summed E-state index contributed by atoms with van der Waals surface area (Å²) in [6.45, 7) is 0.342. The van der Waals surface area contributed by atoms with Crippen molar-refractivity contribution in [2.45, 2.75) is 38.2 Å². The molecule has 3 heteroatoms. The van der Waals surface area contributed by atoms with Crippen LogP contribution in [-0.4, -0.2) is 25.8 Å². The Balaban J connectivity index is 2.06. The number of carbonyl (C=O) groups is 1. The summed E-state index contributed by atoms with van der Waals surface area (Å²) in [5.41, 5.74) is -0.270. The third-order valence-corrected chi connectivity index (χ3v) is 4.09. The first-order valence-electron chi connectivity index (χ1n) is 5.86. The Morgan fingerprint density at radius 3 is 3.12 bits per heavy atom. The number of esters is 1. The molecule has 1 unspecified atom stereocenters. The molecule has 2 rings (SSSR count). The molecule has 0 amide bonds. The largest absolute Gasteiger partial charge is 0.469 e. The van der Waals surface area contributed by atoms with Gasteiger partial charge in [-0.3, -0.25) is 4.79 Å². The lowest BCUT2D eigenvalue weighted by Crippen LogP contribution is -2.32. The summed E-state index contributed by atoms with van der Waals surface area (Å²) in [5.74, 6) is 2.86. The van der Waals surface area contributed by atoms with Crippen LogP contribution in [0.25, 0.3) is 0 Å². The van der Waals surface area contributed by atoms with Gasteiger partial charge >= 0.3 is 5.97 Å². The SMILES string of the molecule is C#CCO[C@@H]1CC2CCC[C@]2(C(=O)OC)C1. The first-order valence-corrected chi connectivity index (χ1v) is 5.86. The van der Waals surface area contributed by atoms with Gasteiger partial charge in [0.25, 0.3) is 0 Å². The average Bonchev–Trinajstić information content (AvgIpc) is 2.82. The minimum Gasteiger partial charge on any atom is -0.469 e. The Morgan fingerprint density at radius 2 is 2.44 bits per heavy atom. The van der Waals surface area contributed by atoms with Crippen LogP contribution >= 0.6 is 0 Å². The summed E-state index contributed by atoms with van der Waals surface area (Å²) in [5, 5.41) is 0. The second-order valence-corrected chi connectivity index (χ2v) is 4.81. The summed E-state index contributed by atoms with van der Waals surface area (Å²) in [6, 6.07) is 0. The molecule has 3 atom stereocenters. The van der Waals surface area contributed by atoms with Crippen molar-refractivity contribution in [1.29, 1.82) is 0 Å². The maximum absolute atomic E-state index is 11.9. The first kappa shape index (κ1) is 11.5. The van der Waals surface area contributed by atoms with Crippen molar-refractivity contribution in [3.63, 3.8) is 0 Å². The summed E-state index contributed by atoms with van der Waals surface area (Å²) in [4.78, 5) is 11.9. The molecule has 88 valence electrons. The van der Waals surface area contributed by atoms with Gasteiger partial charge in [-0.2, -0.15) is 0 Å². The molecular weight excluding hydrogens is 204 g/mol. The van der Waals surface area contributed by atoms with Crippen LogP contribution in [0.5, 0.6) is 0 Å². The van der Waals surface area contributed by atoms with Crippen LogP contribution in [0, 0.1) is 23.7 Å².